The minimum Gasteiger partial charge on any atom is -0.343 e. The average molecular weight is 216 g/mol. The molecule has 2 aromatic heterocycles. The van der Waals surface area contributed by atoms with E-state index in [4.69, 9.17) is 17.5 Å². The molecule has 74 valence electrons. The van der Waals surface area contributed by atoms with Gasteiger partial charge in [0.15, 0.2) is 4.64 Å². The van der Waals surface area contributed by atoms with Crippen molar-refractivity contribution in [2.24, 2.45) is 0 Å². The second-order valence-corrected chi connectivity index (χ2v) is 4.01. The van der Waals surface area contributed by atoms with Gasteiger partial charge in [-0.05, 0) is 12.8 Å². The van der Waals surface area contributed by atoms with E-state index >= 15 is 0 Å². The fourth-order valence-electron chi connectivity index (χ4n) is 2.28. The molecule has 5 heteroatoms. The number of nitrogens with one attached hydrogen (secondary N) is 1. The van der Waals surface area contributed by atoms with Crippen molar-refractivity contribution in [3.8, 4) is 6.07 Å². The molecule has 0 fully saturated rings. The summed E-state index contributed by atoms with van der Waals surface area (Å²) in [5.41, 5.74) is 3.59. The van der Waals surface area contributed by atoms with Crippen molar-refractivity contribution in [1.29, 1.82) is 5.26 Å². The highest BCUT2D eigenvalue weighted by atomic mass is 32.1. The van der Waals surface area contributed by atoms with Crippen LogP contribution in [0, 0.1) is 16.0 Å². The van der Waals surface area contributed by atoms with Crippen molar-refractivity contribution in [3.05, 3.63) is 22.2 Å². The number of rotatable bonds is 0. The minimum atomic E-state index is 0.577. The molecule has 1 aliphatic rings. The van der Waals surface area contributed by atoms with Crippen LogP contribution in [0.1, 0.15) is 17.7 Å². The molecule has 4 nitrogen and oxygen atoms in total. The van der Waals surface area contributed by atoms with Gasteiger partial charge in [-0.2, -0.15) is 5.26 Å². The first-order chi connectivity index (χ1) is 7.33. The number of hydrogen-bond donors (Lipinski definition) is 1. The zero-order valence-corrected chi connectivity index (χ0v) is 8.77. The molecular formula is C10H8N4S. The van der Waals surface area contributed by atoms with Crippen LogP contribution in [0.3, 0.4) is 0 Å². The number of fused-ring (bicyclic) bond motifs is 3. The lowest BCUT2D eigenvalue weighted by Gasteiger charge is -1.97. The summed E-state index contributed by atoms with van der Waals surface area (Å²) in [6.45, 7) is 0.941. The highest BCUT2D eigenvalue weighted by Crippen LogP contribution is 2.29. The third-order valence-electron chi connectivity index (χ3n) is 2.87. The second-order valence-electron chi connectivity index (χ2n) is 3.62. The maximum atomic E-state index is 9.14. The molecule has 0 spiro atoms. The van der Waals surface area contributed by atoms with Gasteiger partial charge in [-0.3, -0.25) is 0 Å². The summed E-state index contributed by atoms with van der Waals surface area (Å²) < 4.78 is 2.70. The monoisotopic (exact) mass is 216 g/mol. The Morgan fingerprint density at radius 1 is 1.60 bits per heavy atom. The fourth-order valence-corrected chi connectivity index (χ4v) is 2.54. The zero-order chi connectivity index (χ0) is 10.4. The molecule has 0 saturated heterocycles. The Morgan fingerprint density at radius 2 is 2.47 bits per heavy atom. The van der Waals surface area contributed by atoms with E-state index in [1.54, 1.807) is 6.33 Å². The summed E-state index contributed by atoms with van der Waals surface area (Å²) in [4.78, 5) is 7.08. The third kappa shape index (κ3) is 0.997. The predicted octanol–water partition coefficient (Wildman–Crippen LogP) is 1.91. The Balaban J connectivity index is 2.59. The van der Waals surface area contributed by atoms with Crippen LogP contribution in [0.5, 0.6) is 0 Å². The van der Waals surface area contributed by atoms with Gasteiger partial charge in [-0.1, -0.05) is 12.2 Å². The van der Waals surface area contributed by atoms with Gasteiger partial charge in [0.05, 0.1) is 17.4 Å². The summed E-state index contributed by atoms with van der Waals surface area (Å²) in [6.07, 6.45) is 3.60. The molecule has 0 radical (unpaired) electrons. The van der Waals surface area contributed by atoms with Crippen molar-refractivity contribution in [2.45, 2.75) is 19.4 Å². The van der Waals surface area contributed by atoms with E-state index in [0.717, 1.165) is 41.7 Å². The highest BCUT2D eigenvalue weighted by molar-refractivity contribution is 7.71. The summed E-state index contributed by atoms with van der Waals surface area (Å²) in [6, 6.07) is 2.25. The second kappa shape index (κ2) is 2.91. The van der Waals surface area contributed by atoms with Gasteiger partial charge in [0, 0.05) is 12.2 Å². The number of nitrogens with zero attached hydrogens (tertiary/aromatic N) is 3. The largest absolute Gasteiger partial charge is 0.343 e. The topological polar surface area (TPSA) is 57.4 Å². The number of H-pyrrole nitrogens is 1. The van der Waals surface area contributed by atoms with Crippen molar-refractivity contribution >= 4 is 23.3 Å². The minimum absolute atomic E-state index is 0.577. The van der Waals surface area contributed by atoms with Crippen molar-refractivity contribution in [3.63, 3.8) is 0 Å². The van der Waals surface area contributed by atoms with E-state index in [0.29, 0.717) is 4.64 Å². The lowest BCUT2D eigenvalue weighted by molar-refractivity contribution is 0.769. The van der Waals surface area contributed by atoms with Gasteiger partial charge in [0.25, 0.3) is 0 Å². The molecule has 0 unspecified atom stereocenters. The van der Waals surface area contributed by atoms with Crippen molar-refractivity contribution < 1.29 is 0 Å². The molecular weight excluding hydrogens is 208 g/mol. The molecule has 2 aromatic rings. The maximum Gasteiger partial charge on any atom is 0.153 e. The molecule has 1 N–H and O–H groups in total. The Labute approximate surface area is 91.2 Å². The van der Waals surface area contributed by atoms with Gasteiger partial charge in [-0.25, -0.2) is 4.98 Å². The molecule has 0 amide bonds. The van der Waals surface area contributed by atoms with Crippen LogP contribution in [0.2, 0.25) is 0 Å². The summed E-state index contributed by atoms with van der Waals surface area (Å²) >= 11 is 5.19. The lowest BCUT2D eigenvalue weighted by atomic mass is 10.2. The van der Waals surface area contributed by atoms with Crippen LogP contribution in [-0.4, -0.2) is 14.5 Å². The van der Waals surface area contributed by atoms with E-state index in [-0.39, 0.29) is 0 Å². The number of aromatic nitrogens is 3. The van der Waals surface area contributed by atoms with Crippen molar-refractivity contribution in [1.82, 2.24) is 14.5 Å². The SMILES string of the molecule is N#Cc1c2n(c3c(=S)nc[nH]c13)CCC2. The van der Waals surface area contributed by atoms with Gasteiger partial charge in [0.2, 0.25) is 0 Å². The zero-order valence-electron chi connectivity index (χ0n) is 7.95. The molecule has 3 heterocycles. The van der Waals surface area contributed by atoms with Gasteiger partial charge in [-0.15, -0.1) is 0 Å². The molecule has 3 rings (SSSR count). The van der Waals surface area contributed by atoms with E-state index in [1.165, 1.54) is 0 Å². The predicted molar refractivity (Wildman–Crippen MR) is 58.0 cm³/mol. The smallest absolute Gasteiger partial charge is 0.153 e. The Bertz CT molecular complexity index is 644. The number of nitriles is 1. The van der Waals surface area contributed by atoms with Gasteiger partial charge in [0.1, 0.15) is 11.6 Å². The molecule has 0 aromatic carbocycles. The molecule has 1 aliphatic heterocycles. The van der Waals surface area contributed by atoms with Gasteiger partial charge >= 0.3 is 0 Å². The summed E-state index contributed by atoms with van der Waals surface area (Å²) in [7, 11) is 0. The molecule has 15 heavy (non-hydrogen) atoms. The van der Waals surface area contributed by atoms with E-state index in [1.807, 2.05) is 0 Å². The van der Waals surface area contributed by atoms with E-state index in [2.05, 4.69) is 20.6 Å². The lowest BCUT2D eigenvalue weighted by Crippen LogP contribution is -1.93. The Kier molecular flexibility index (Phi) is 1.67. The van der Waals surface area contributed by atoms with Crippen molar-refractivity contribution in [2.75, 3.05) is 0 Å². The first-order valence-electron chi connectivity index (χ1n) is 4.82. The maximum absolute atomic E-state index is 9.14. The fraction of sp³-hybridized carbons (Fsp3) is 0.300. The average Bonchev–Trinajstić information content (AvgIpc) is 2.76. The Morgan fingerprint density at radius 3 is 3.27 bits per heavy atom. The molecule has 0 aliphatic carbocycles. The Hall–Kier alpha value is -1.67. The standard InChI is InChI=1S/C10H8N4S/c11-4-6-7-2-1-3-14(7)9-8(6)12-5-13-10(9)15/h5H,1-3H2,(H,12,13,15). The van der Waals surface area contributed by atoms with Crippen LogP contribution in [0.4, 0.5) is 0 Å². The number of aryl methyl sites for hydroxylation is 1. The normalized spacial score (nSPS) is 14.1. The number of hydrogen-bond acceptors (Lipinski definition) is 3. The molecule has 0 bridgehead atoms. The van der Waals surface area contributed by atoms with Crippen LogP contribution < -0.4 is 0 Å². The molecule has 0 saturated carbocycles. The third-order valence-corrected chi connectivity index (χ3v) is 3.17. The summed E-state index contributed by atoms with van der Waals surface area (Å²) in [5.74, 6) is 0. The molecule has 0 atom stereocenters. The highest BCUT2D eigenvalue weighted by Gasteiger charge is 2.22. The van der Waals surface area contributed by atoms with E-state index < -0.39 is 0 Å². The van der Waals surface area contributed by atoms with Crippen LogP contribution in [0.15, 0.2) is 6.33 Å². The van der Waals surface area contributed by atoms with Crippen LogP contribution in [0.25, 0.3) is 11.0 Å². The number of aromatic amines is 1. The first-order valence-corrected chi connectivity index (χ1v) is 5.22. The quantitative estimate of drug-likeness (QED) is 0.684. The first kappa shape index (κ1) is 8.62. The van der Waals surface area contributed by atoms with Crippen LogP contribution >= 0.6 is 12.2 Å². The van der Waals surface area contributed by atoms with E-state index in [9.17, 15) is 0 Å². The summed E-state index contributed by atoms with van der Waals surface area (Å²) in [5, 5.41) is 9.14. The van der Waals surface area contributed by atoms with Crippen LogP contribution in [-0.2, 0) is 13.0 Å². The van der Waals surface area contributed by atoms with Gasteiger partial charge < -0.3 is 9.55 Å².